The SMILES string of the molecule is O=C(O)c1cc(-c2ccc(C3CCCCCC3)cc2)n[nH]1. The van der Waals surface area contributed by atoms with Crippen LogP contribution in [0.25, 0.3) is 11.3 Å². The molecule has 1 heterocycles. The Morgan fingerprint density at radius 1 is 1.10 bits per heavy atom. The van der Waals surface area contributed by atoms with Gasteiger partial charge in [0, 0.05) is 5.56 Å². The van der Waals surface area contributed by atoms with Gasteiger partial charge in [0.1, 0.15) is 5.69 Å². The summed E-state index contributed by atoms with van der Waals surface area (Å²) in [5.74, 6) is -0.306. The molecule has 110 valence electrons. The van der Waals surface area contributed by atoms with Crippen LogP contribution in [0.2, 0.25) is 0 Å². The third kappa shape index (κ3) is 3.15. The second kappa shape index (κ2) is 6.12. The second-order valence-electron chi connectivity index (χ2n) is 5.78. The van der Waals surface area contributed by atoms with Crippen molar-refractivity contribution in [2.45, 2.75) is 44.4 Å². The van der Waals surface area contributed by atoms with Gasteiger partial charge in [0.25, 0.3) is 0 Å². The van der Waals surface area contributed by atoms with Crippen molar-refractivity contribution in [3.8, 4) is 11.3 Å². The van der Waals surface area contributed by atoms with Gasteiger partial charge in [0.05, 0.1) is 5.69 Å². The van der Waals surface area contributed by atoms with Gasteiger partial charge in [0.2, 0.25) is 0 Å². The Balaban J connectivity index is 1.77. The van der Waals surface area contributed by atoms with Crippen LogP contribution in [0, 0.1) is 0 Å². The molecule has 1 aliphatic carbocycles. The van der Waals surface area contributed by atoms with E-state index in [9.17, 15) is 4.79 Å². The Kier molecular flexibility index (Phi) is 4.04. The molecule has 0 aliphatic heterocycles. The predicted octanol–water partition coefficient (Wildman–Crippen LogP) is 4.21. The number of carbonyl (C=O) groups is 1. The Labute approximate surface area is 124 Å². The van der Waals surface area contributed by atoms with Crippen molar-refractivity contribution < 1.29 is 9.90 Å². The summed E-state index contributed by atoms with van der Waals surface area (Å²) < 4.78 is 0. The number of aromatic amines is 1. The second-order valence-corrected chi connectivity index (χ2v) is 5.78. The van der Waals surface area contributed by atoms with Crippen LogP contribution in [0.3, 0.4) is 0 Å². The monoisotopic (exact) mass is 284 g/mol. The third-order valence-electron chi connectivity index (χ3n) is 4.34. The molecule has 2 aromatic rings. The maximum Gasteiger partial charge on any atom is 0.353 e. The van der Waals surface area contributed by atoms with Crippen LogP contribution in [0.15, 0.2) is 30.3 Å². The van der Waals surface area contributed by atoms with Crippen molar-refractivity contribution in [2.24, 2.45) is 0 Å². The van der Waals surface area contributed by atoms with Gasteiger partial charge >= 0.3 is 5.97 Å². The molecular formula is C17H20N2O2. The lowest BCUT2D eigenvalue weighted by molar-refractivity contribution is 0.0690. The van der Waals surface area contributed by atoms with Crippen molar-refractivity contribution in [3.63, 3.8) is 0 Å². The van der Waals surface area contributed by atoms with Crippen LogP contribution in [0.4, 0.5) is 0 Å². The number of carboxylic acid groups (broad SMARTS) is 1. The highest BCUT2D eigenvalue weighted by Crippen LogP contribution is 2.32. The molecule has 0 unspecified atom stereocenters. The molecule has 0 radical (unpaired) electrons. The van der Waals surface area contributed by atoms with E-state index < -0.39 is 5.97 Å². The minimum Gasteiger partial charge on any atom is -0.477 e. The van der Waals surface area contributed by atoms with Gasteiger partial charge in [-0.3, -0.25) is 5.10 Å². The zero-order valence-electron chi connectivity index (χ0n) is 12.0. The third-order valence-corrected chi connectivity index (χ3v) is 4.34. The zero-order valence-corrected chi connectivity index (χ0v) is 12.0. The van der Waals surface area contributed by atoms with Crippen LogP contribution < -0.4 is 0 Å². The van der Waals surface area contributed by atoms with E-state index in [4.69, 9.17) is 5.11 Å². The Hall–Kier alpha value is -2.10. The van der Waals surface area contributed by atoms with Crippen molar-refractivity contribution >= 4 is 5.97 Å². The van der Waals surface area contributed by atoms with Crippen LogP contribution in [-0.2, 0) is 0 Å². The average molecular weight is 284 g/mol. The number of carboxylic acids is 1. The fourth-order valence-corrected chi connectivity index (χ4v) is 3.12. The summed E-state index contributed by atoms with van der Waals surface area (Å²) in [6.45, 7) is 0. The lowest BCUT2D eigenvalue weighted by atomic mass is 9.91. The molecule has 1 aliphatic rings. The van der Waals surface area contributed by atoms with Crippen LogP contribution in [-0.4, -0.2) is 21.3 Å². The summed E-state index contributed by atoms with van der Waals surface area (Å²) in [6, 6.07) is 9.99. The van der Waals surface area contributed by atoms with Gasteiger partial charge in [-0.15, -0.1) is 0 Å². The fraction of sp³-hybridized carbons (Fsp3) is 0.412. The van der Waals surface area contributed by atoms with E-state index in [1.807, 2.05) is 12.1 Å². The van der Waals surface area contributed by atoms with Crippen molar-refractivity contribution in [3.05, 3.63) is 41.6 Å². The number of rotatable bonds is 3. The molecule has 4 nitrogen and oxygen atoms in total. The minimum atomic E-state index is -0.983. The van der Waals surface area contributed by atoms with Gasteiger partial charge in [0.15, 0.2) is 0 Å². The topological polar surface area (TPSA) is 66.0 Å². The molecule has 0 amide bonds. The molecule has 0 bridgehead atoms. The number of nitrogens with zero attached hydrogens (tertiary/aromatic N) is 1. The van der Waals surface area contributed by atoms with Gasteiger partial charge in [-0.05, 0) is 30.4 Å². The lowest BCUT2D eigenvalue weighted by Gasteiger charge is -2.14. The molecule has 4 heteroatoms. The number of nitrogens with one attached hydrogen (secondary N) is 1. The number of aromatic nitrogens is 2. The summed E-state index contributed by atoms with van der Waals surface area (Å²) in [7, 11) is 0. The summed E-state index contributed by atoms with van der Waals surface area (Å²) in [5.41, 5.74) is 3.16. The van der Waals surface area contributed by atoms with Crippen LogP contribution >= 0.6 is 0 Å². The molecule has 21 heavy (non-hydrogen) atoms. The van der Waals surface area contributed by atoms with E-state index in [2.05, 4.69) is 22.3 Å². The molecule has 1 aromatic carbocycles. The number of H-pyrrole nitrogens is 1. The molecule has 1 saturated carbocycles. The molecule has 0 spiro atoms. The largest absolute Gasteiger partial charge is 0.477 e. The maximum absolute atomic E-state index is 10.9. The highest BCUT2D eigenvalue weighted by Gasteiger charge is 2.15. The first-order valence-corrected chi connectivity index (χ1v) is 7.63. The fourth-order valence-electron chi connectivity index (χ4n) is 3.12. The van der Waals surface area contributed by atoms with Crippen molar-refractivity contribution in [1.82, 2.24) is 10.2 Å². The Morgan fingerprint density at radius 3 is 2.33 bits per heavy atom. The predicted molar refractivity (Wildman–Crippen MR) is 81.4 cm³/mol. The number of benzene rings is 1. The maximum atomic E-state index is 10.9. The number of aromatic carboxylic acids is 1. The summed E-state index contributed by atoms with van der Waals surface area (Å²) in [5, 5.41) is 15.5. The summed E-state index contributed by atoms with van der Waals surface area (Å²) >= 11 is 0. The molecule has 0 atom stereocenters. The number of hydrogen-bond acceptors (Lipinski definition) is 2. The van der Waals surface area contributed by atoms with Gasteiger partial charge < -0.3 is 5.11 Å². The first kappa shape index (κ1) is 13.9. The number of hydrogen-bond donors (Lipinski definition) is 2. The van der Waals surface area contributed by atoms with E-state index in [1.165, 1.54) is 44.1 Å². The highest BCUT2D eigenvalue weighted by molar-refractivity contribution is 5.86. The van der Waals surface area contributed by atoms with E-state index in [-0.39, 0.29) is 5.69 Å². The zero-order chi connectivity index (χ0) is 14.7. The van der Waals surface area contributed by atoms with E-state index in [1.54, 1.807) is 6.07 Å². The van der Waals surface area contributed by atoms with Crippen molar-refractivity contribution in [1.29, 1.82) is 0 Å². The van der Waals surface area contributed by atoms with Gasteiger partial charge in [-0.25, -0.2) is 4.79 Å². The van der Waals surface area contributed by atoms with Gasteiger partial charge in [-0.2, -0.15) is 5.10 Å². The smallest absolute Gasteiger partial charge is 0.353 e. The van der Waals surface area contributed by atoms with E-state index >= 15 is 0 Å². The summed E-state index contributed by atoms with van der Waals surface area (Å²) in [4.78, 5) is 10.9. The highest BCUT2D eigenvalue weighted by atomic mass is 16.4. The van der Waals surface area contributed by atoms with Crippen LogP contribution in [0.1, 0.15) is 60.5 Å². The minimum absolute atomic E-state index is 0.123. The molecular weight excluding hydrogens is 264 g/mol. The first-order valence-electron chi connectivity index (χ1n) is 7.63. The molecule has 0 saturated heterocycles. The Bertz CT molecular complexity index is 608. The Morgan fingerprint density at radius 2 is 1.76 bits per heavy atom. The molecule has 1 fully saturated rings. The van der Waals surface area contributed by atoms with Crippen LogP contribution in [0.5, 0.6) is 0 Å². The molecule has 1 aromatic heterocycles. The lowest BCUT2D eigenvalue weighted by Crippen LogP contribution is -1.96. The van der Waals surface area contributed by atoms with Crippen molar-refractivity contribution in [2.75, 3.05) is 0 Å². The first-order chi connectivity index (χ1) is 10.2. The van der Waals surface area contributed by atoms with E-state index in [0.717, 1.165) is 5.56 Å². The van der Waals surface area contributed by atoms with Gasteiger partial charge in [-0.1, -0.05) is 49.9 Å². The standard InChI is InChI=1S/C17H20N2O2/c20-17(21)16-11-15(18-19-16)14-9-7-13(8-10-14)12-5-3-1-2-4-6-12/h7-12H,1-6H2,(H,18,19)(H,20,21). The summed E-state index contributed by atoms with van der Waals surface area (Å²) in [6.07, 6.45) is 7.94. The normalized spacial score (nSPS) is 16.6. The average Bonchev–Trinajstić information content (AvgIpc) is 2.84. The molecule has 3 rings (SSSR count). The molecule has 2 N–H and O–H groups in total. The quantitative estimate of drug-likeness (QED) is 0.830. The van der Waals surface area contributed by atoms with E-state index in [0.29, 0.717) is 11.6 Å².